The van der Waals surface area contributed by atoms with Crippen LogP contribution in [-0.2, 0) is 6.54 Å². The molecule has 0 atom stereocenters. The van der Waals surface area contributed by atoms with E-state index < -0.39 is 23.7 Å². The fraction of sp³-hybridized carbons (Fsp3) is 0.217. The number of rotatable bonds is 10. The molecule has 1 aromatic heterocycles. The molecule has 0 aliphatic carbocycles. The number of nitrogens with one attached hydrogen (secondary N) is 4. The molecule has 2 aromatic carbocycles. The number of para-hydroxylation sites is 2. The van der Waals surface area contributed by atoms with Crippen LogP contribution >= 0.6 is 0 Å². The minimum atomic E-state index is -4.93. The molecule has 0 bridgehead atoms. The van der Waals surface area contributed by atoms with Gasteiger partial charge in [0.2, 0.25) is 5.95 Å². The average Bonchev–Trinajstić information content (AvgIpc) is 2.82. The van der Waals surface area contributed by atoms with Gasteiger partial charge in [0.15, 0.2) is 11.7 Å². The molecule has 0 saturated carbocycles. The third-order valence-corrected chi connectivity index (χ3v) is 4.79. The summed E-state index contributed by atoms with van der Waals surface area (Å²) in [5, 5.41) is 7.76. The van der Waals surface area contributed by atoms with Gasteiger partial charge < -0.3 is 26.8 Å². The van der Waals surface area contributed by atoms with Crippen molar-refractivity contribution in [2.75, 3.05) is 23.7 Å². The van der Waals surface area contributed by atoms with Crippen LogP contribution in [0.2, 0.25) is 0 Å². The monoisotopic (exact) mass is 518 g/mol. The Balaban J connectivity index is 1.57. The smallest absolute Gasteiger partial charge is 0.404 e. The van der Waals surface area contributed by atoms with Gasteiger partial charge in [-0.05, 0) is 36.2 Å². The lowest BCUT2D eigenvalue weighted by Crippen LogP contribution is -2.24. The molecule has 0 fully saturated rings. The van der Waals surface area contributed by atoms with Crippen LogP contribution in [0.4, 0.5) is 29.6 Å². The van der Waals surface area contributed by atoms with Crippen LogP contribution in [-0.4, -0.2) is 41.4 Å². The van der Waals surface area contributed by atoms with Crippen LogP contribution in [0.15, 0.2) is 64.5 Å². The lowest BCUT2D eigenvalue weighted by molar-refractivity contribution is -0.274. The van der Waals surface area contributed by atoms with Crippen molar-refractivity contribution in [2.45, 2.75) is 19.3 Å². The number of aromatic amines is 1. The maximum Gasteiger partial charge on any atom is 0.573 e. The summed E-state index contributed by atoms with van der Waals surface area (Å²) in [7, 11) is 0. The predicted octanol–water partition coefficient (Wildman–Crippen LogP) is 2.73. The highest BCUT2D eigenvalue weighted by Crippen LogP contribution is 2.29. The Hall–Kier alpha value is -4.59. The van der Waals surface area contributed by atoms with Crippen molar-refractivity contribution in [2.24, 2.45) is 16.5 Å². The van der Waals surface area contributed by atoms with Gasteiger partial charge in [-0.2, -0.15) is 0 Å². The van der Waals surface area contributed by atoms with E-state index in [1.807, 2.05) is 12.1 Å². The number of halogens is 3. The number of amides is 2. The van der Waals surface area contributed by atoms with E-state index in [-0.39, 0.29) is 23.2 Å². The number of carbonyl (C=O) groups excluding carboxylic acids is 1. The van der Waals surface area contributed by atoms with Gasteiger partial charge in [0.05, 0.1) is 11.3 Å². The highest BCUT2D eigenvalue weighted by molar-refractivity contribution is 5.99. The first-order chi connectivity index (χ1) is 17.6. The summed E-state index contributed by atoms with van der Waals surface area (Å²) in [5.41, 5.74) is 11.7. The Morgan fingerprint density at radius 3 is 2.49 bits per heavy atom. The molecule has 0 saturated heterocycles. The van der Waals surface area contributed by atoms with Crippen molar-refractivity contribution in [1.29, 1.82) is 0 Å². The Bertz CT molecular complexity index is 1290. The molecule has 37 heavy (non-hydrogen) atoms. The zero-order valence-electron chi connectivity index (χ0n) is 19.4. The molecule has 0 unspecified atom stereocenters. The van der Waals surface area contributed by atoms with E-state index in [2.05, 4.69) is 35.6 Å². The summed E-state index contributed by atoms with van der Waals surface area (Å²) in [6, 6.07) is 11.3. The zero-order chi connectivity index (χ0) is 26.8. The normalized spacial score (nSPS) is 11.0. The van der Waals surface area contributed by atoms with Gasteiger partial charge in [0, 0.05) is 19.3 Å². The maximum atomic E-state index is 12.6. The SMILES string of the molecule is NC(N)=NCCCNCc1ccc(-c2cnc(NC(=O)Nc3ccccc3OC(F)(F)F)[nH]c2=O)cc1. The molecular weight excluding hydrogens is 493 g/mol. The Labute approximate surface area is 209 Å². The van der Waals surface area contributed by atoms with Gasteiger partial charge in [0.25, 0.3) is 5.56 Å². The Kier molecular flexibility index (Phi) is 9.05. The number of aliphatic imine (C=N–C) groups is 1. The summed E-state index contributed by atoms with van der Waals surface area (Å²) in [6.45, 7) is 1.88. The summed E-state index contributed by atoms with van der Waals surface area (Å²) >= 11 is 0. The van der Waals surface area contributed by atoms with Crippen LogP contribution in [0.25, 0.3) is 11.1 Å². The summed E-state index contributed by atoms with van der Waals surface area (Å²) in [4.78, 5) is 35.1. The number of anilines is 2. The first-order valence-electron chi connectivity index (χ1n) is 11.0. The number of aromatic nitrogens is 2. The second-order valence-corrected chi connectivity index (χ2v) is 7.63. The summed E-state index contributed by atoms with van der Waals surface area (Å²) in [6.07, 6.45) is -2.86. The molecule has 11 nitrogen and oxygen atoms in total. The van der Waals surface area contributed by atoms with E-state index >= 15 is 0 Å². The van der Waals surface area contributed by atoms with E-state index in [9.17, 15) is 22.8 Å². The Morgan fingerprint density at radius 2 is 1.81 bits per heavy atom. The quantitative estimate of drug-likeness (QED) is 0.136. The largest absolute Gasteiger partial charge is 0.573 e. The molecule has 1 heterocycles. The van der Waals surface area contributed by atoms with Crippen molar-refractivity contribution in [3.8, 4) is 16.9 Å². The maximum absolute atomic E-state index is 12.6. The third-order valence-electron chi connectivity index (χ3n) is 4.79. The number of ether oxygens (including phenoxy) is 1. The fourth-order valence-corrected chi connectivity index (χ4v) is 3.16. The molecule has 3 rings (SSSR count). The molecule has 8 N–H and O–H groups in total. The zero-order valence-corrected chi connectivity index (χ0v) is 19.4. The number of nitrogens with zero attached hydrogens (tertiary/aromatic N) is 2. The van der Waals surface area contributed by atoms with Crippen LogP contribution in [0.1, 0.15) is 12.0 Å². The van der Waals surface area contributed by atoms with E-state index in [0.717, 1.165) is 24.6 Å². The molecule has 0 aliphatic rings. The molecule has 0 aliphatic heterocycles. The molecule has 3 aromatic rings. The minimum Gasteiger partial charge on any atom is -0.404 e. The number of urea groups is 1. The minimum absolute atomic E-state index is 0.0629. The molecule has 0 radical (unpaired) electrons. The van der Waals surface area contributed by atoms with Gasteiger partial charge in [-0.1, -0.05) is 36.4 Å². The number of alkyl halides is 3. The number of hydrogen-bond donors (Lipinski definition) is 6. The lowest BCUT2D eigenvalue weighted by atomic mass is 10.1. The number of carbonyl (C=O) groups is 1. The van der Waals surface area contributed by atoms with E-state index in [1.165, 1.54) is 24.4 Å². The van der Waals surface area contributed by atoms with Crippen LogP contribution < -0.4 is 37.7 Å². The van der Waals surface area contributed by atoms with Crippen LogP contribution in [0.5, 0.6) is 5.75 Å². The number of nitrogens with two attached hydrogens (primary N) is 2. The highest BCUT2D eigenvalue weighted by atomic mass is 19.4. The average molecular weight is 519 g/mol. The van der Waals surface area contributed by atoms with E-state index in [1.54, 1.807) is 12.1 Å². The topological polar surface area (TPSA) is 173 Å². The van der Waals surface area contributed by atoms with Crippen LogP contribution in [0, 0.1) is 0 Å². The van der Waals surface area contributed by atoms with Crippen molar-refractivity contribution < 1.29 is 22.7 Å². The first kappa shape index (κ1) is 27.0. The van der Waals surface area contributed by atoms with Crippen molar-refractivity contribution >= 4 is 23.6 Å². The number of guanidine groups is 1. The molecule has 0 spiro atoms. The molecular formula is C23H25F3N8O3. The number of benzene rings is 2. The van der Waals surface area contributed by atoms with E-state index in [4.69, 9.17) is 11.5 Å². The summed E-state index contributed by atoms with van der Waals surface area (Å²) in [5.74, 6) is -0.721. The van der Waals surface area contributed by atoms with Crippen LogP contribution in [0.3, 0.4) is 0 Å². The van der Waals surface area contributed by atoms with Crippen molar-refractivity contribution in [3.63, 3.8) is 0 Å². The molecule has 196 valence electrons. The second-order valence-electron chi connectivity index (χ2n) is 7.63. The van der Waals surface area contributed by atoms with Gasteiger partial charge in [0.1, 0.15) is 0 Å². The first-order valence-corrected chi connectivity index (χ1v) is 11.0. The van der Waals surface area contributed by atoms with Gasteiger partial charge in [-0.3, -0.25) is 20.1 Å². The molecule has 2 amide bonds. The highest BCUT2D eigenvalue weighted by Gasteiger charge is 2.32. The third kappa shape index (κ3) is 8.85. The van der Waals surface area contributed by atoms with Crippen molar-refractivity contribution in [1.82, 2.24) is 15.3 Å². The van der Waals surface area contributed by atoms with E-state index in [0.29, 0.717) is 18.7 Å². The fourth-order valence-electron chi connectivity index (χ4n) is 3.16. The number of H-pyrrole nitrogens is 1. The van der Waals surface area contributed by atoms with Crippen molar-refractivity contribution in [3.05, 3.63) is 70.6 Å². The summed E-state index contributed by atoms with van der Waals surface area (Å²) < 4.78 is 41.5. The lowest BCUT2D eigenvalue weighted by Gasteiger charge is -2.14. The standard InChI is InChI=1S/C23H25F3N8O3/c24-23(25,26)37-18-5-2-1-4-17(18)32-22(36)34-21-31-13-16(19(35)33-21)15-8-6-14(7-9-15)12-29-10-3-11-30-20(27)28/h1-2,4-9,13,29H,3,10-12H2,(H4,27,28,30)(H3,31,32,33,34,35,36). The van der Waals surface area contributed by atoms with Gasteiger partial charge >= 0.3 is 12.4 Å². The predicted molar refractivity (Wildman–Crippen MR) is 133 cm³/mol. The Morgan fingerprint density at radius 1 is 1.08 bits per heavy atom. The van der Waals surface area contributed by atoms with Gasteiger partial charge in [-0.25, -0.2) is 9.78 Å². The second kappa shape index (κ2) is 12.4. The number of hydrogen-bond acceptors (Lipinski definition) is 6. The molecule has 14 heteroatoms. The van der Waals surface area contributed by atoms with Gasteiger partial charge in [-0.15, -0.1) is 13.2 Å².